The van der Waals surface area contributed by atoms with Crippen LogP contribution in [0.25, 0.3) is 11.0 Å². The van der Waals surface area contributed by atoms with Gasteiger partial charge in [-0.1, -0.05) is 30.3 Å². The monoisotopic (exact) mass is 580 g/mol. The molecule has 42 heavy (non-hydrogen) atoms. The quantitative estimate of drug-likeness (QED) is 0.150. The maximum atomic E-state index is 12.8. The molecule has 0 saturated heterocycles. The Kier molecular flexibility index (Phi) is 11.4. The van der Waals surface area contributed by atoms with Crippen LogP contribution in [0.5, 0.6) is 0 Å². The van der Waals surface area contributed by atoms with Gasteiger partial charge < -0.3 is 29.4 Å². The number of unbranched alkanes of at least 4 members (excludes halogenated alkanes) is 1. The van der Waals surface area contributed by atoms with Crippen LogP contribution in [0.15, 0.2) is 48.5 Å². The number of hydrogen-bond donors (Lipinski definition) is 2. The van der Waals surface area contributed by atoms with Crippen molar-refractivity contribution in [3.05, 3.63) is 65.5 Å². The minimum absolute atomic E-state index is 0.194. The third kappa shape index (κ3) is 11.1. The van der Waals surface area contributed by atoms with E-state index in [-0.39, 0.29) is 6.61 Å². The summed E-state index contributed by atoms with van der Waals surface area (Å²) in [5, 5.41) is 5.58. The highest BCUT2D eigenvalue weighted by Crippen LogP contribution is 2.21. The second kappa shape index (κ2) is 14.7. The Hall–Kier alpha value is -4.08. The fraction of sp³-hybridized carbons (Fsp3) is 0.500. The number of aromatic nitrogens is 2. The van der Waals surface area contributed by atoms with Gasteiger partial charge in [-0.3, -0.25) is 0 Å². The predicted molar refractivity (Wildman–Crippen MR) is 161 cm³/mol. The van der Waals surface area contributed by atoms with Crippen LogP contribution in [0.1, 0.15) is 82.6 Å². The number of nitrogens with zero attached hydrogens (tertiary/aromatic N) is 2. The summed E-state index contributed by atoms with van der Waals surface area (Å²) in [6.07, 6.45) is 1.95. The van der Waals surface area contributed by atoms with Gasteiger partial charge in [0.05, 0.1) is 16.6 Å². The van der Waals surface area contributed by atoms with E-state index in [1.54, 1.807) is 12.1 Å². The van der Waals surface area contributed by atoms with Crippen molar-refractivity contribution in [1.29, 1.82) is 0 Å². The highest BCUT2D eigenvalue weighted by molar-refractivity contribution is 5.93. The first-order valence-corrected chi connectivity index (χ1v) is 14.4. The summed E-state index contributed by atoms with van der Waals surface area (Å²) >= 11 is 0. The number of carbonyl (C=O) groups excluding carboxylic acids is 3. The summed E-state index contributed by atoms with van der Waals surface area (Å²) in [4.78, 5) is 41.6. The highest BCUT2D eigenvalue weighted by atomic mass is 16.6. The van der Waals surface area contributed by atoms with Gasteiger partial charge in [-0.2, -0.15) is 0 Å². The molecule has 0 radical (unpaired) electrons. The third-order valence-corrected chi connectivity index (χ3v) is 6.00. The summed E-state index contributed by atoms with van der Waals surface area (Å²) in [5.74, 6) is 0.442. The van der Waals surface area contributed by atoms with Gasteiger partial charge in [-0.05, 0) is 84.6 Å². The van der Waals surface area contributed by atoms with Crippen LogP contribution in [-0.4, -0.2) is 52.0 Å². The van der Waals surface area contributed by atoms with Crippen LogP contribution in [-0.2, 0) is 33.8 Å². The molecule has 0 aliphatic rings. The van der Waals surface area contributed by atoms with Gasteiger partial charge in [-0.25, -0.2) is 19.4 Å². The number of amides is 2. The summed E-state index contributed by atoms with van der Waals surface area (Å²) in [6.45, 7) is 12.8. The predicted octanol–water partition coefficient (Wildman–Crippen LogP) is 6.16. The van der Waals surface area contributed by atoms with Crippen molar-refractivity contribution < 1.29 is 28.6 Å². The molecule has 1 heterocycles. The number of ether oxygens (including phenoxy) is 3. The number of benzene rings is 2. The first-order valence-electron chi connectivity index (χ1n) is 14.4. The lowest BCUT2D eigenvalue weighted by Crippen LogP contribution is -2.33. The van der Waals surface area contributed by atoms with Gasteiger partial charge in [0.25, 0.3) is 0 Å². The second-order valence-electron chi connectivity index (χ2n) is 12.1. The lowest BCUT2D eigenvalue weighted by Gasteiger charge is -2.19. The Morgan fingerprint density at radius 2 is 1.43 bits per heavy atom. The average molecular weight is 581 g/mol. The van der Waals surface area contributed by atoms with Gasteiger partial charge in [0.1, 0.15) is 23.6 Å². The van der Waals surface area contributed by atoms with Gasteiger partial charge in [0.2, 0.25) is 0 Å². The molecular weight excluding hydrogens is 536 g/mol. The molecule has 228 valence electrons. The summed E-state index contributed by atoms with van der Waals surface area (Å²) < 4.78 is 18.2. The van der Waals surface area contributed by atoms with Crippen LogP contribution in [0.3, 0.4) is 0 Å². The molecule has 2 aromatic carbocycles. The van der Waals surface area contributed by atoms with E-state index in [1.165, 1.54) is 0 Å². The lowest BCUT2D eigenvalue weighted by molar-refractivity contribution is 0.0470. The van der Waals surface area contributed by atoms with Crippen LogP contribution in [0.2, 0.25) is 0 Å². The number of esters is 1. The highest BCUT2D eigenvalue weighted by Gasteiger charge is 2.18. The van der Waals surface area contributed by atoms with Crippen LogP contribution >= 0.6 is 0 Å². The molecule has 0 bridgehead atoms. The SMILES string of the molecule is CC(C)(C)OC(=O)NCCCCn1c(CCCNC(=O)OC(C)(C)C)nc2cc(C(=O)OCc3ccccc3)ccc21. The van der Waals surface area contributed by atoms with E-state index in [1.807, 2.05) is 77.9 Å². The molecule has 0 unspecified atom stereocenters. The number of nitrogens with one attached hydrogen (secondary N) is 2. The molecule has 3 rings (SSSR count). The molecule has 0 aliphatic heterocycles. The normalized spacial score (nSPS) is 11.7. The van der Waals surface area contributed by atoms with E-state index in [0.29, 0.717) is 43.6 Å². The molecule has 3 aromatic rings. The zero-order valence-electron chi connectivity index (χ0n) is 25.6. The molecule has 10 nitrogen and oxygen atoms in total. The number of alkyl carbamates (subject to hydrolysis) is 2. The molecule has 1 aromatic heterocycles. The van der Waals surface area contributed by atoms with E-state index >= 15 is 0 Å². The van der Waals surface area contributed by atoms with E-state index in [2.05, 4.69) is 15.2 Å². The van der Waals surface area contributed by atoms with Crippen molar-refractivity contribution in [3.8, 4) is 0 Å². The Morgan fingerprint density at radius 1 is 0.810 bits per heavy atom. The third-order valence-electron chi connectivity index (χ3n) is 6.00. The number of aryl methyl sites for hydroxylation is 2. The Morgan fingerprint density at radius 3 is 2.05 bits per heavy atom. The molecule has 0 saturated carbocycles. The zero-order valence-corrected chi connectivity index (χ0v) is 25.6. The second-order valence-corrected chi connectivity index (χ2v) is 12.1. The van der Waals surface area contributed by atoms with E-state index in [4.69, 9.17) is 19.2 Å². The van der Waals surface area contributed by atoms with E-state index < -0.39 is 29.4 Å². The number of imidazole rings is 1. The number of hydrogen-bond acceptors (Lipinski definition) is 7. The molecular formula is C32H44N4O6. The van der Waals surface area contributed by atoms with Crippen molar-refractivity contribution in [1.82, 2.24) is 20.2 Å². The maximum Gasteiger partial charge on any atom is 0.407 e. The van der Waals surface area contributed by atoms with Crippen molar-refractivity contribution in [2.24, 2.45) is 0 Å². The van der Waals surface area contributed by atoms with Gasteiger partial charge in [0.15, 0.2) is 0 Å². The fourth-order valence-corrected chi connectivity index (χ4v) is 4.20. The van der Waals surface area contributed by atoms with Crippen molar-refractivity contribution >= 4 is 29.2 Å². The van der Waals surface area contributed by atoms with Crippen LogP contribution < -0.4 is 10.6 Å². The number of fused-ring (bicyclic) bond motifs is 1. The minimum Gasteiger partial charge on any atom is -0.457 e. The lowest BCUT2D eigenvalue weighted by atomic mass is 10.2. The molecule has 2 amide bonds. The van der Waals surface area contributed by atoms with E-state index in [0.717, 1.165) is 29.7 Å². The minimum atomic E-state index is -0.559. The molecule has 0 atom stereocenters. The topological polar surface area (TPSA) is 121 Å². The summed E-state index contributed by atoms with van der Waals surface area (Å²) in [6, 6.07) is 14.9. The number of carbonyl (C=O) groups is 3. The van der Waals surface area contributed by atoms with Crippen molar-refractivity contribution in [2.75, 3.05) is 13.1 Å². The number of rotatable bonds is 12. The first kappa shape index (κ1) is 32.4. The largest absolute Gasteiger partial charge is 0.457 e. The Balaban J connectivity index is 1.65. The fourth-order valence-electron chi connectivity index (χ4n) is 4.20. The molecule has 0 fully saturated rings. The van der Waals surface area contributed by atoms with E-state index in [9.17, 15) is 14.4 Å². The van der Waals surface area contributed by atoms with Crippen molar-refractivity contribution in [2.45, 2.75) is 91.6 Å². The molecule has 0 spiro atoms. The van der Waals surface area contributed by atoms with Crippen molar-refractivity contribution in [3.63, 3.8) is 0 Å². The van der Waals surface area contributed by atoms with Crippen LogP contribution in [0.4, 0.5) is 9.59 Å². The molecule has 0 aliphatic carbocycles. The maximum absolute atomic E-state index is 12.8. The smallest absolute Gasteiger partial charge is 0.407 e. The van der Waals surface area contributed by atoms with Gasteiger partial charge in [0, 0.05) is 26.1 Å². The summed E-state index contributed by atoms with van der Waals surface area (Å²) in [5.41, 5.74) is 1.86. The van der Waals surface area contributed by atoms with Gasteiger partial charge in [-0.15, -0.1) is 0 Å². The Labute approximate surface area is 248 Å². The van der Waals surface area contributed by atoms with Crippen LogP contribution in [0, 0.1) is 0 Å². The standard InChI is InChI=1S/C32H44N4O6/c1-31(2,3)41-29(38)33-18-10-11-20-36-26-17-16-24(28(37)40-22-23-13-8-7-9-14-23)21-25(26)35-27(36)15-12-19-34-30(39)42-32(4,5)6/h7-9,13-14,16-17,21H,10-12,15,18-20,22H2,1-6H3,(H,33,38)(H,34,39). The first-order chi connectivity index (χ1) is 19.8. The Bertz CT molecular complexity index is 1340. The summed E-state index contributed by atoms with van der Waals surface area (Å²) in [7, 11) is 0. The molecule has 2 N–H and O–H groups in total. The average Bonchev–Trinajstić information content (AvgIpc) is 3.24. The zero-order chi connectivity index (χ0) is 30.8. The molecule has 10 heteroatoms. The van der Waals surface area contributed by atoms with Gasteiger partial charge >= 0.3 is 18.2 Å².